The van der Waals surface area contributed by atoms with Crippen molar-refractivity contribution in [2.75, 3.05) is 52.8 Å². The summed E-state index contributed by atoms with van der Waals surface area (Å²) in [7, 11) is 5.55. The van der Waals surface area contributed by atoms with Crippen molar-refractivity contribution < 1.29 is 14.3 Å². The van der Waals surface area contributed by atoms with Gasteiger partial charge in [-0.25, -0.2) is 4.98 Å². The number of aromatic nitrogens is 1. The Labute approximate surface area is 154 Å². The average Bonchev–Trinajstić information content (AvgIpc) is 2.66. The maximum Gasteiger partial charge on any atom is 0.269 e. The molecule has 140 valence electrons. The number of likely N-dealkylation sites (N-methyl/N-ethyl adjacent to an activating group) is 1. The van der Waals surface area contributed by atoms with Gasteiger partial charge < -0.3 is 25.0 Å². The molecule has 0 radical (unpaired) electrons. The number of amides is 1. The van der Waals surface area contributed by atoms with Crippen LogP contribution < -0.4 is 20.1 Å². The Morgan fingerprint density at radius 2 is 1.81 bits per heavy atom. The van der Waals surface area contributed by atoms with Crippen molar-refractivity contribution in [1.82, 2.24) is 15.2 Å². The van der Waals surface area contributed by atoms with Crippen molar-refractivity contribution in [3.8, 4) is 11.5 Å². The van der Waals surface area contributed by atoms with E-state index in [1.54, 1.807) is 19.4 Å². The van der Waals surface area contributed by atoms with E-state index < -0.39 is 0 Å². The predicted octanol–water partition coefficient (Wildman–Crippen LogP) is 1.87. The summed E-state index contributed by atoms with van der Waals surface area (Å²) in [6, 6.07) is 11.0. The molecule has 2 N–H and O–H groups in total. The van der Waals surface area contributed by atoms with Crippen LogP contribution in [0.1, 0.15) is 10.5 Å². The van der Waals surface area contributed by atoms with E-state index in [2.05, 4.69) is 15.6 Å². The number of benzene rings is 1. The minimum atomic E-state index is -0.166. The van der Waals surface area contributed by atoms with Gasteiger partial charge in [-0.05, 0) is 50.5 Å². The van der Waals surface area contributed by atoms with E-state index in [0.29, 0.717) is 25.4 Å². The monoisotopic (exact) mass is 358 g/mol. The normalized spacial score (nSPS) is 10.5. The molecule has 0 aliphatic carbocycles. The average molecular weight is 358 g/mol. The number of nitrogens with zero attached hydrogens (tertiary/aromatic N) is 2. The van der Waals surface area contributed by atoms with E-state index in [9.17, 15) is 4.79 Å². The lowest BCUT2D eigenvalue weighted by Crippen LogP contribution is -2.31. The molecule has 0 aliphatic heterocycles. The number of pyridine rings is 1. The minimum Gasteiger partial charge on any atom is -0.497 e. The first kappa shape index (κ1) is 19.5. The van der Waals surface area contributed by atoms with Crippen molar-refractivity contribution in [3.63, 3.8) is 0 Å². The number of ether oxygens (including phenoxy) is 2. The van der Waals surface area contributed by atoms with Gasteiger partial charge in [0.25, 0.3) is 5.91 Å². The topological polar surface area (TPSA) is 75.7 Å². The highest BCUT2D eigenvalue weighted by Gasteiger charge is 2.06. The highest BCUT2D eigenvalue weighted by atomic mass is 16.5. The number of carbonyl (C=O) groups excluding carboxylic acids is 1. The van der Waals surface area contributed by atoms with Crippen LogP contribution in [0.2, 0.25) is 0 Å². The number of rotatable bonds is 10. The van der Waals surface area contributed by atoms with Crippen LogP contribution in [0.5, 0.6) is 11.5 Å². The van der Waals surface area contributed by atoms with Gasteiger partial charge in [-0.3, -0.25) is 4.79 Å². The zero-order valence-electron chi connectivity index (χ0n) is 15.5. The molecule has 1 amide bonds. The molecule has 7 nitrogen and oxygen atoms in total. The fraction of sp³-hybridized carbons (Fsp3) is 0.368. The van der Waals surface area contributed by atoms with Gasteiger partial charge in [-0.2, -0.15) is 0 Å². The Bertz CT molecular complexity index is 672. The van der Waals surface area contributed by atoms with Gasteiger partial charge >= 0.3 is 0 Å². The Morgan fingerprint density at radius 1 is 1.08 bits per heavy atom. The molecule has 0 fully saturated rings. The van der Waals surface area contributed by atoms with E-state index in [1.807, 2.05) is 49.3 Å². The van der Waals surface area contributed by atoms with Gasteiger partial charge in [0.2, 0.25) is 0 Å². The molecule has 0 saturated carbocycles. The van der Waals surface area contributed by atoms with Crippen LogP contribution in [0, 0.1) is 0 Å². The molecule has 0 unspecified atom stereocenters. The lowest BCUT2D eigenvalue weighted by molar-refractivity contribution is 0.0946. The Morgan fingerprint density at radius 3 is 2.42 bits per heavy atom. The second-order valence-corrected chi connectivity index (χ2v) is 5.94. The van der Waals surface area contributed by atoms with Crippen molar-refractivity contribution in [3.05, 3.63) is 48.3 Å². The Hall–Kier alpha value is -2.80. The highest BCUT2D eigenvalue weighted by Crippen LogP contribution is 2.16. The standard InChI is InChI=1S/C19H26N4O3/c1-23(2)12-10-21-19(24)18-9-4-15(14-22-18)20-11-13-26-17-7-5-16(25-3)6-8-17/h4-9,14,20H,10-13H2,1-3H3,(H,21,24). The van der Waals surface area contributed by atoms with Crippen molar-refractivity contribution in [2.45, 2.75) is 0 Å². The lowest BCUT2D eigenvalue weighted by atomic mass is 10.3. The second-order valence-electron chi connectivity index (χ2n) is 5.94. The van der Waals surface area contributed by atoms with Gasteiger partial charge in [-0.15, -0.1) is 0 Å². The second kappa shape index (κ2) is 10.2. The van der Waals surface area contributed by atoms with E-state index in [1.165, 1.54) is 0 Å². The van der Waals surface area contributed by atoms with Crippen LogP contribution in [0.4, 0.5) is 5.69 Å². The molecule has 0 bridgehead atoms. The van der Waals surface area contributed by atoms with E-state index in [-0.39, 0.29) is 5.91 Å². The number of anilines is 1. The van der Waals surface area contributed by atoms with Gasteiger partial charge in [0.1, 0.15) is 23.8 Å². The van der Waals surface area contributed by atoms with Crippen molar-refractivity contribution in [1.29, 1.82) is 0 Å². The van der Waals surface area contributed by atoms with Crippen LogP contribution in [0.25, 0.3) is 0 Å². The summed E-state index contributed by atoms with van der Waals surface area (Å²) in [5, 5.41) is 6.05. The van der Waals surface area contributed by atoms with Crippen LogP contribution in [0.15, 0.2) is 42.6 Å². The van der Waals surface area contributed by atoms with Crippen LogP contribution in [-0.2, 0) is 0 Å². The quantitative estimate of drug-likeness (QED) is 0.632. The first-order chi connectivity index (χ1) is 12.6. The summed E-state index contributed by atoms with van der Waals surface area (Å²) in [5.74, 6) is 1.42. The maximum atomic E-state index is 12.0. The summed E-state index contributed by atoms with van der Waals surface area (Å²) >= 11 is 0. The fourth-order valence-corrected chi connectivity index (χ4v) is 2.15. The molecular weight excluding hydrogens is 332 g/mol. The summed E-state index contributed by atoms with van der Waals surface area (Å²) in [6.45, 7) is 2.52. The summed E-state index contributed by atoms with van der Waals surface area (Å²) in [4.78, 5) is 18.2. The largest absolute Gasteiger partial charge is 0.497 e. The zero-order valence-corrected chi connectivity index (χ0v) is 15.5. The first-order valence-electron chi connectivity index (χ1n) is 8.48. The molecule has 0 saturated heterocycles. The van der Waals surface area contributed by atoms with Gasteiger partial charge in [0.15, 0.2) is 0 Å². The molecule has 1 aromatic carbocycles. The molecule has 7 heteroatoms. The Balaban J connectivity index is 1.70. The summed E-state index contributed by atoms with van der Waals surface area (Å²) in [6.07, 6.45) is 1.65. The zero-order chi connectivity index (χ0) is 18.8. The third-order valence-electron chi connectivity index (χ3n) is 3.60. The van der Waals surface area contributed by atoms with Crippen LogP contribution in [0.3, 0.4) is 0 Å². The molecule has 0 spiro atoms. The molecule has 1 aromatic heterocycles. The van der Waals surface area contributed by atoms with E-state index in [0.717, 1.165) is 23.7 Å². The molecule has 2 aromatic rings. The Kier molecular flexibility index (Phi) is 7.70. The van der Waals surface area contributed by atoms with Gasteiger partial charge in [-0.1, -0.05) is 0 Å². The third-order valence-corrected chi connectivity index (χ3v) is 3.60. The van der Waals surface area contributed by atoms with Crippen LogP contribution in [-0.4, -0.2) is 63.2 Å². The maximum absolute atomic E-state index is 12.0. The number of nitrogens with one attached hydrogen (secondary N) is 2. The molecule has 0 atom stereocenters. The number of hydrogen-bond acceptors (Lipinski definition) is 6. The van der Waals surface area contributed by atoms with Gasteiger partial charge in [0, 0.05) is 19.6 Å². The predicted molar refractivity (Wildman–Crippen MR) is 102 cm³/mol. The SMILES string of the molecule is COc1ccc(OCCNc2ccc(C(=O)NCCN(C)C)nc2)cc1. The van der Waals surface area contributed by atoms with Crippen LogP contribution >= 0.6 is 0 Å². The van der Waals surface area contributed by atoms with Crippen molar-refractivity contribution in [2.24, 2.45) is 0 Å². The molecule has 1 heterocycles. The number of carbonyl (C=O) groups is 1. The first-order valence-corrected chi connectivity index (χ1v) is 8.48. The summed E-state index contributed by atoms with van der Waals surface area (Å²) < 4.78 is 10.8. The molecule has 2 rings (SSSR count). The number of methoxy groups -OCH3 is 1. The fourth-order valence-electron chi connectivity index (χ4n) is 2.15. The smallest absolute Gasteiger partial charge is 0.269 e. The van der Waals surface area contributed by atoms with Crippen molar-refractivity contribution >= 4 is 11.6 Å². The summed E-state index contributed by atoms with van der Waals surface area (Å²) in [5.41, 5.74) is 1.25. The minimum absolute atomic E-state index is 0.166. The van der Waals surface area contributed by atoms with E-state index >= 15 is 0 Å². The highest BCUT2D eigenvalue weighted by molar-refractivity contribution is 5.92. The molecule has 0 aliphatic rings. The molecular formula is C19H26N4O3. The lowest BCUT2D eigenvalue weighted by Gasteiger charge is -2.11. The van der Waals surface area contributed by atoms with Gasteiger partial charge in [0.05, 0.1) is 19.0 Å². The van der Waals surface area contributed by atoms with E-state index in [4.69, 9.17) is 9.47 Å². The molecule has 26 heavy (non-hydrogen) atoms. The third kappa shape index (κ3) is 6.60. The number of hydrogen-bond donors (Lipinski definition) is 2.